The molecule has 1 aromatic carbocycles. The summed E-state index contributed by atoms with van der Waals surface area (Å²) >= 11 is 5.55. The Morgan fingerprint density at radius 3 is 2.41 bits per heavy atom. The first-order chi connectivity index (χ1) is 12.6. The summed E-state index contributed by atoms with van der Waals surface area (Å²) in [4.78, 5) is 27.4. The molecule has 0 radical (unpaired) electrons. The molecule has 1 saturated heterocycles. The summed E-state index contributed by atoms with van der Waals surface area (Å²) in [5, 5.41) is 1.63. The first-order valence-electron chi connectivity index (χ1n) is 8.17. The third kappa shape index (κ3) is 3.97. The third-order valence-corrected chi connectivity index (χ3v) is 5.20. The molecule has 2 amide bonds. The molecular formula is C17H14ClF5N2O2. The van der Waals surface area contributed by atoms with Crippen LogP contribution in [0.5, 0.6) is 0 Å². The first kappa shape index (κ1) is 19.7. The van der Waals surface area contributed by atoms with Crippen molar-refractivity contribution in [2.75, 3.05) is 6.54 Å². The fraction of sp³-hybridized carbons (Fsp3) is 0.471. The van der Waals surface area contributed by atoms with Gasteiger partial charge in [0, 0.05) is 24.4 Å². The Morgan fingerprint density at radius 1 is 1.19 bits per heavy atom. The SMILES string of the molecule is O=C1C[C@H](C(=O)N=C(c2ccc(F)c(Cl)c2F)[C@H]2C[C@H](C(F)(F)F)C2)CN1. The van der Waals surface area contributed by atoms with Gasteiger partial charge in [-0.05, 0) is 25.0 Å². The van der Waals surface area contributed by atoms with Gasteiger partial charge in [0.1, 0.15) is 10.8 Å². The largest absolute Gasteiger partial charge is 0.391 e. The van der Waals surface area contributed by atoms with Crippen molar-refractivity contribution in [3.63, 3.8) is 0 Å². The average Bonchev–Trinajstić information content (AvgIpc) is 2.96. The Balaban J connectivity index is 1.93. The van der Waals surface area contributed by atoms with E-state index in [0.717, 1.165) is 12.1 Å². The van der Waals surface area contributed by atoms with Crippen molar-refractivity contribution in [1.29, 1.82) is 0 Å². The average molecular weight is 409 g/mol. The first-order valence-corrected chi connectivity index (χ1v) is 8.55. The lowest BCUT2D eigenvalue weighted by molar-refractivity contribution is -0.199. The molecule has 2 fully saturated rings. The van der Waals surface area contributed by atoms with Gasteiger partial charge in [-0.15, -0.1) is 0 Å². The number of carbonyl (C=O) groups is 2. The van der Waals surface area contributed by atoms with E-state index in [2.05, 4.69) is 10.3 Å². The predicted molar refractivity (Wildman–Crippen MR) is 86.3 cm³/mol. The number of hydrogen-bond donors (Lipinski definition) is 1. The molecule has 1 aliphatic carbocycles. The monoisotopic (exact) mass is 408 g/mol. The molecule has 0 spiro atoms. The molecule has 1 aromatic rings. The number of benzene rings is 1. The second-order valence-electron chi connectivity index (χ2n) is 6.67. The highest BCUT2D eigenvalue weighted by atomic mass is 35.5. The van der Waals surface area contributed by atoms with Crippen molar-refractivity contribution < 1.29 is 31.5 Å². The smallest absolute Gasteiger partial charge is 0.355 e. The van der Waals surface area contributed by atoms with Crippen LogP contribution in [0, 0.1) is 29.4 Å². The van der Waals surface area contributed by atoms with Crippen LogP contribution in [0.3, 0.4) is 0 Å². The van der Waals surface area contributed by atoms with Crippen molar-refractivity contribution in [3.8, 4) is 0 Å². The minimum Gasteiger partial charge on any atom is -0.355 e. The van der Waals surface area contributed by atoms with Gasteiger partial charge in [-0.2, -0.15) is 13.2 Å². The highest BCUT2D eigenvalue weighted by Crippen LogP contribution is 2.46. The van der Waals surface area contributed by atoms with E-state index in [1.54, 1.807) is 0 Å². The van der Waals surface area contributed by atoms with E-state index in [1.807, 2.05) is 0 Å². The van der Waals surface area contributed by atoms with Crippen molar-refractivity contribution in [2.45, 2.75) is 25.4 Å². The lowest BCUT2D eigenvalue weighted by Crippen LogP contribution is -2.40. The Kier molecular flexibility index (Phi) is 5.24. The summed E-state index contributed by atoms with van der Waals surface area (Å²) in [5.74, 6) is -6.46. The molecule has 0 unspecified atom stereocenters. The van der Waals surface area contributed by atoms with E-state index >= 15 is 0 Å². The van der Waals surface area contributed by atoms with Crippen molar-refractivity contribution >= 4 is 29.1 Å². The maximum atomic E-state index is 14.4. The molecule has 1 aliphatic heterocycles. The number of carbonyl (C=O) groups excluding carboxylic acids is 2. The van der Waals surface area contributed by atoms with Gasteiger partial charge in [-0.1, -0.05) is 11.6 Å². The Hall–Kier alpha value is -2.03. The number of amides is 2. The summed E-state index contributed by atoms with van der Waals surface area (Å²) in [6.45, 7) is 0.0525. The molecule has 1 atom stereocenters. The number of nitrogens with one attached hydrogen (secondary N) is 1. The summed E-state index contributed by atoms with van der Waals surface area (Å²) in [5.41, 5.74) is -0.503. The Bertz CT molecular complexity index is 818. The maximum absolute atomic E-state index is 14.4. The van der Waals surface area contributed by atoms with Gasteiger partial charge in [0.25, 0.3) is 5.91 Å². The number of hydrogen-bond acceptors (Lipinski definition) is 2. The summed E-state index contributed by atoms with van der Waals surface area (Å²) in [7, 11) is 0. The summed E-state index contributed by atoms with van der Waals surface area (Å²) in [6, 6.07) is 1.86. The van der Waals surface area contributed by atoms with Crippen LogP contribution in [0.25, 0.3) is 0 Å². The van der Waals surface area contributed by atoms with Crippen molar-refractivity contribution in [3.05, 3.63) is 34.4 Å². The van der Waals surface area contributed by atoms with Gasteiger partial charge in [0.15, 0.2) is 5.82 Å². The lowest BCUT2D eigenvalue weighted by Gasteiger charge is -2.37. The van der Waals surface area contributed by atoms with Gasteiger partial charge in [0.2, 0.25) is 5.91 Å². The second-order valence-corrected chi connectivity index (χ2v) is 7.05. The quantitative estimate of drug-likeness (QED) is 0.471. The maximum Gasteiger partial charge on any atom is 0.391 e. The Labute approximate surface area is 155 Å². The highest BCUT2D eigenvalue weighted by molar-refractivity contribution is 6.31. The van der Waals surface area contributed by atoms with Gasteiger partial charge >= 0.3 is 6.18 Å². The van der Waals surface area contributed by atoms with Crippen LogP contribution >= 0.6 is 11.6 Å². The van der Waals surface area contributed by atoms with Crippen LogP contribution in [0.15, 0.2) is 17.1 Å². The molecule has 1 N–H and O–H groups in total. The highest BCUT2D eigenvalue weighted by Gasteiger charge is 2.49. The van der Waals surface area contributed by atoms with Gasteiger partial charge < -0.3 is 5.32 Å². The standard InChI is InChI=1S/C17H14ClF5N2O2/c18-13-11(19)2-1-10(14(13)20)15(7-3-9(4-7)17(21,22)23)25-16(27)8-5-12(26)24-6-8/h1-2,7-9H,3-6H2,(H,24,26)/t7-,8-,9-/m0/s1. The van der Waals surface area contributed by atoms with E-state index < -0.39 is 46.5 Å². The minimum absolute atomic E-state index is 0.0525. The molecule has 0 aromatic heterocycles. The zero-order chi connectivity index (χ0) is 19.9. The van der Waals surface area contributed by atoms with E-state index in [4.69, 9.17) is 11.6 Å². The molecule has 0 bridgehead atoms. The van der Waals surface area contributed by atoms with Gasteiger partial charge in [-0.25, -0.2) is 13.8 Å². The molecule has 27 heavy (non-hydrogen) atoms. The third-order valence-electron chi connectivity index (χ3n) is 4.86. The number of halogens is 6. The van der Waals surface area contributed by atoms with E-state index in [9.17, 15) is 31.5 Å². The van der Waals surface area contributed by atoms with Crippen LogP contribution in [0.2, 0.25) is 5.02 Å². The molecule has 3 rings (SSSR count). The molecule has 1 heterocycles. The zero-order valence-corrected chi connectivity index (χ0v) is 14.5. The lowest BCUT2D eigenvalue weighted by atomic mass is 9.70. The van der Waals surface area contributed by atoms with Gasteiger partial charge in [-0.3, -0.25) is 9.59 Å². The minimum atomic E-state index is -4.40. The number of rotatable bonds is 3. The fourth-order valence-corrected chi connectivity index (χ4v) is 3.36. The van der Waals surface area contributed by atoms with E-state index in [-0.39, 0.29) is 43.0 Å². The molecule has 4 nitrogen and oxygen atoms in total. The van der Waals surface area contributed by atoms with Crippen LogP contribution in [-0.2, 0) is 9.59 Å². The molecule has 146 valence electrons. The predicted octanol–water partition coefficient (Wildman–Crippen LogP) is 3.66. The zero-order valence-electron chi connectivity index (χ0n) is 13.7. The van der Waals surface area contributed by atoms with E-state index in [1.165, 1.54) is 0 Å². The summed E-state index contributed by atoms with van der Waals surface area (Å²) < 4.78 is 66.2. The van der Waals surface area contributed by atoms with Gasteiger partial charge in [0.05, 0.1) is 17.5 Å². The Morgan fingerprint density at radius 2 is 1.85 bits per heavy atom. The summed E-state index contributed by atoms with van der Waals surface area (Å²) in [6.07, 6.45) is -5.21. The molecular weight excluding hydrogens is 395 g/mol. The van der Waals surface area contributed by atoms with Crippen LogP contribution in [0.4, 0.5) is 22.0 Å². The number of alkyl halides is 3. The number of nitrogens with zero attached hydrogens (tertiary/aromatic N) is 1. The van der Waals surface area contributed by atoms with Crippen LogP contribution in [0.1, 0.15) is 24.8 Å². The van der Waals surface area contributed by atoms with Crippen molar-refractivity contribution in [2.24, 2.45) is 22.7 Å². The molecule has 1 saturated carbocycles. The fourth-order valence-electron chi connectivity index (χ4n) is 3.19. The topological polar surface area (TPSA) is 58.5 Å². The normalized spacial score (nSPS) is 25.9. The van der Waals surface area contributed by atoms with Crippen LogP contribution in [-0.4, -0.2) is 30.2 Å². The van der Waals surface area contributed by atoms with E-state index in [0.29, 0.717) is 0 Å². The molecule has 10 heteroatoms. The van der Waals surface area contributed by atoms with Crippen molar-refractivity contribution in [1.82, 2.24) is 5.32 Å². The second kappa shape index (κ2) is 7.18. The van der Waals surface area contributed by atoms with Crippen LogP contribution < -0.4 is 5.32 Å². The molecule has 2 aliphatic rings. The number of aliphatic imine (C=N–C) groups is 1.